The van der Waals surface area contributed by atoms with Crippen LogP contribution in [0.2, 0.25) is 0 Å². The minimum absolute atomic E-state index is 0.0633. The molecule has 0 aromatic heterocycles. The number of nitrogens with zero attached hydrogens (tertiary/aromatic N) is 1. The van der Waals surface area contributed by atoms with E-state index in [0.717, 1.165) is 51.8 Å². The quantitative estimate of drug-likeness (QED) is 0.900. The SMILES string of the molecule is CN1CCCC(O)(CC2OCCc3ccccc32)CC1. The molecule has 2 aliphatic rings. The summed E-state index contributed by atoms with van der Waals surface area (Å²) in [6.07, 6.45) is 4.60. The second-order valence-electron chi connectivity index (χ2n) is 6.39. The molecule has 1 N–H and O–H groups in total. The summed E-state index contributed by atoms with van der Waals surface area (Å²) in [6.45, 7) is 2.84. The number of rotatable bonds is 2. The van der Waals surface area contributed by atoms with Gasteiger partial charge in [0.2, 0.25) is 0 Å². The van der Waals surface area contributed by atoms with Gasteiger partial charge in [0.25, 0.3) is 0 Å². The summed E-state index contributed by atoms with van der Waals surface area (Å²) < 4.78 is 5.97. The summed E-state index contributed by atoms with van der Waals surface area (Å²) in [5.41, 5.74) is 2.10. The zero-order valence-corrected chi connectivity index (χ0v) is 12.3. The highest BCUT2D eigenvalue weighted by molar-refractivity contribution is 5.31. The Bertz CT molecular complexity index is 462. The van der Waals surface area contributed by atoms with E-state index in [9.17, 15) is 5.11 Å². The second-order valence-corrected chi connectivity index (χ2v) is 6.39. The average molecular weight is 275 g/mol. The Morgan fingerprint density at radius 3 is 3.05 bits per heavy atom. The van der Waals surface area contributed by atoms with Gasteiger partial charge >= 0.3 is 0 Å². The number of ether oxygens (including phenoxy) is 1. The minimum Gasteiger partial charge on any atom is -0.390 e. The molecule has 2 atom stereocenters. The van der Waals surface area contributed by atoms with Crippen molar-refractivity contribution in [3.05, 3.63) is 35.4 Å². The molecule has 0 saturated carbocycles. The Hall–Kier alpha value is -0.900. The maximum Gasteiger partial charge on any atom is 0.0855 e. The lowest BCUT2D eigenvalue weighted by atomic mass is 9.84. The predicted octanol–water partition coefficient (Wildman–Crippen LogP) is 2.54. The predicted molar refractivity (Wildman–Crippen MR) is 79.8 cm³/mol. The van der Waals surface area contributed by atoms with E-state index in [1.165, 1.54) is 11.1 Å². The average Bonchev–Trinajstić information content (AvgIpc) is 2.61. The first kappa shape index (κ1) is 14.1. The molecule has 20 heavy (non-hydrogen) atoms. The Morgan fingerprint density at radius 1 is 1.30 bits per heavy atom. The standard InChI is InChI=1S/C17H25NO2/c1-18-10-4-8-17(19,9-11-18)13-16-15-6-3-2-5-14(15)7-12-20-16/h2-3,5-6,16,19H,4,7-13H2,1H3. The molecule has 3 nitrogen and oxygen atoms in total. The van der Waals surface area contributed by atoms with E-state index in [-0.39, 0.29) is 6.10 Å². The summed E-state index contributed by atoms with van der Waals surface area (Å²) in [4.78, 5) is 2.31. The van der Waals surface area contributed by atoms with Crippen molar-refractivity contribution in [3.63, 3.8) is 0 Å². The minimum atomic E-state index is -0.570. The molecule has 3 heteroatoms. The molecule has 0 bridgehead atoms. The van der Waals surface area contributed by atoms with Crippen LogP contribution in [-0.4, -0.2) is 42.4 Å². The van der Waals surface area contributed by atoms with Crippen LogP contribution in [0, 0.1) is 0 Å². The summed E-state index contributed by atoms with van der Waals surface area (Å²) >= 11 is 0. The fourth-order valence-corrected chi connectivity index (χ4v) is 3.51. The fourth-order valence-electron chi connectivity index (χ4n) is 3.51. The molecule has 2 heterocycles. The van der Waals surface area contributed by atoms with Gasteiger partial charge in [0.05, 0.1) is 18.3 Å². The van der Waals surface area contributed by atoms with Gasteiger partial charge in [0.15, 0.2) is 0 Å². The number of likely N-dealkylation sites (tertiary alicyclic amines) is 1. The van der Waals surface area contributed by atoms with Gasteiger partial charge in [-0.25, -0.2) is 0 Å². The van der Waals surface area contributed by atoms with Crippen LogP contribution in [0.4, 0.5) is 0 Å². The highest BCUT2D eigenvalue weighted by Crippen LogP contribution is 2.37. The van der Waals surface area contributed by atoms with Gasteiger partial charge in [-0.2, -0.15) is 0 Å². The third kappa shape index (κ3) is 3.05. The summed E-state index contributed by atoms with van der Waals surface area (Å²) in [5.74, 6) is 0. The molecular weight excluding hydrogens is 250 g/mol. The number of hydrogen-bond acceptors (Lipinski definition) is 3. The Balaban J connectivity index is 1.74. The van der Waals surface area contributed by atoms with Gasteiger partial charge < -0.3 is 14.7 Å². The zero-order valence-electron chi connectivity index (χ0n) is 12.3. The van der Waals surface area contributed by atoms with Crippen LogP contribution < -0.4 is 0 Å². The number of hydrogen-bond donors (Lipinski definition) is 1. The molecule has 1 saturated heterocycles. The van der Waals surface area contributed by atoms with E-state index >= 15 is 0 Å². The van der Waals surface area contributed by atoms with Crippen LogP contribution in [0.3, 0.4) is 0 Å². The van der Waals surface area contributed by atoms with E-state index in [0.29, 0.717) is 0 Å². The molecule has 0 spiro atoms. The third-order valence-electron chi connectivity index (χ3n) is 4.80. The van der Waals surface area contributed by atoms with Crippen LogP contribution in [0.15, 0.2) is 24.3 Å². The van der Waals surface area contributed by atoms with E-state index in [4.69, 9.17) is 4.74 Å². The van der Waals surface area contributed by atoms with E-state index in [2.05, 4.69) is 36.2 Å². The van der Waals surface area contributed by atoms with E-state index in [1.807, 2.05) is 0 Å². The molecular formula is C17H25NO2. The first-order valence-electron chi connectivity index (χ1n) is 7.77. The van der Waals surface area contributed by atoms with Crippen LogP contribution in [0.25, 0.3) is 0 Å². The second kappa shape index (κ2) is 5.84. The maximum absolute atomic E-state index is 10.9. The maximum atomic E-state index is 10.9. The first-order valence-corrected chi connectivity index (χ1v) is 7.77. The van der Waals surface area contributed by atoms with Crippen molar-refractivity contribution in [3.8, 4) is 0 Å². The van der Waals surface area contributed by atoms with Crippen LogP contribution in [0.1, 0.15) is 42.9 Å². The topological polar surface area (TPSA) is 32.7 Å². The lowest BCUT2D eigenvalue weighted by molar-refractivity contribution is -0.0529. The summed E-state index contributed by atoms with van der Waals surface area (Å²) in [7, 11) is 2.14. The van der Waals surface area contributed by atoms with Crippen molar-refractivity contribution in [2.24, 2.45) is 0 Å². The van der Waals surface area contributed by atoms with Crippen LogP contribution >= 0.6 is 0 Å². The Kier molecular flexibility index (Phi) is 4.11. The van der Waals surface area contributed by atoms with Crippen molar-refractivity contribution >= 4 is 0 Å². The van der Waals surface area contributed by atoms with Gasteiger partial charge in [-0.1, -0.05) is 24.3 Å². The molecule has 0 aliphatic carbocycles. The number of aliphatic hydroxyl groups is 1. The molecule has 0 amide bonds. The monoisotopic (exact) mass is 275 g/mol. The van der Waals surface area contributed by atoms with Gasteiger partial charge in [-0.15, -0.1) is 0 Å². The smallest absolute Gasteiger partial charge is 0.0855 e. The fraction of sp³-hybridized carbons (Fsp3) is 0.647. The van der Waals surface area contributed by atoms with Crippen LogP contribution in [0.5, 0.6) is 0 Å². The van der Waals surface area contributed by atoms with Crippen LogP contribution in [-0.2, 0) is 11.2 Å². The zero-order chi connectivity index (χ0) is 14.0. The molecule has 3 rings (SSSR count). The summed E-state index contributed by atoms with van der Waals surface area (Å²) in [5, 5.41) is 10.9. The Morgan fingerprint density at radius 2 is 2.15 bits per heavy atom. The normalized spacial score (nSPS) is 31.6. The van der Waals surface area contributed by atoms with Gasteiger partial charge in [-0.05, 0) is 50.4 Å². The van der Waals surface area contributed by atoms with E-state index in [1.54, 1.807) is 0 Å². The molecule has 2 aliphatic heterocycles. The third-order valence-corrected chi connectivity index (χ3v) is 4.80. The van der Waals surface area contributed by atoms with Crippen molar-refractivity contribution in [1.82, 2.24) is 4.90 Å². The molecule has 1 aromatic rings. The molecule has 1 fully saturated rings. The van der Waals surface area contributed by atoms with Crippen molar-refractivity contribution in [2.75, 3.05) is 26.7 Å². The van der Waals surface area contributed by atoms with Crippen molar-refractivity contribution in [2.45, 2.75) is 43.8 Å². The molecule has 2 unspecified atom stereocenters. The molecule has 1 aromatic carbocycles. The first-order chi connectivity index (χ1) is 9.66. The number of benzene rings is 1. The van der Waals surface area contributed by atoms with Crippen molar-refractivity contribution < 1.29 is 9.84 Å². The number of fused-ring (bicyclic) bond motifs is 1. The lowest BCUT2D eigenvalue weighted by Gasteiger charge is -2.34. The van der Waals surface area contributed by atoms with E-state index < -0.39 is 5.60 Å². The largest absolute Gasteiger partial charge is 0.390 e. The van der Waals surface area contributed by atoms with Crippen molar-refractivity contribution in [1.29, 1.82) is 0 Å². The van der Waals surface area contributed by atoms with Gasteiger partial charge in [0.1, 0.15) is 0 Å². The highest BCUT2D eigenvalue weighted by atomic mass is 16.5. The highest BCUT2D eigenvalue weighted by Gasteiger charge is 2.34. The van der Waals surface area contributed by atoms with Gasteiger partial charge in [0, 0.05) is 13.0 Å². The Labute approximate surface area is 121 Å². The summed E-state index contributed by atoms with van der Waals surface area (Å²) in [6, 6.07) is 8.52. The van der Waals surface area contributed by atoms with Gasteiger partial charge in [-0.3, -0.25) is 0 Å². The molecule has 0 radical (unpaired) electrons. The molecule has 110 valence electrons. The lowest BCUT2D eigenvalue weighted by Crippen LogP contribution is -2.34.